The Morgan fingerprint density at radius 3 is 1.60 bits per heavy atom. The molecule has 0 bridgehead atoms. The molecular formula is C6H19N4O3P2+. The van der Waals surface area contributed by atoms with Crippen molar-refractivity contribution in [3.8, 4) is 0 Å². The molecular weight excluding hydrogens is 238 g/mol. The summed E-state index contributed by atoms with van der Waals surface area (Å²) in [6.45, 7) is 0. The van der Waals surface area contributed by atoms with Crippen molar-refractivity contribution in [2.24, 2.45) is 4.91 Å². The molecule has 0 amide bonds. The normalized spacial score (nSPS) is 13.9. The van der Waals surface area contributed by atoms with Gasteiger partial charge in [-0.25, -0.2) is 0 Å². The Balaban J connectivity index is 5.32. The van der Waals surface area contributed by atoms with E-state index in [0.717, 1.165) is 0 Å². The van der Waals surface area contributed by atoms with Crippen molar-refractivity contribution in [2.45, 2.75) is 0 Å². The predicted molar refractivity (Wildman–Crippen MR) is 61.3 cm³/mol. The maximum Gasteiger partial charge on any atom is 0.721 e. The first-order valence-electron chi connectivity index (χ1n) is 4.23. The summed E-state index contributed by atoms with van der Waals surface area (Å²) in [5.74, 6) is 0. The summed E-state index contributed by atoms with van der Waals surface area (Å²) >= 11 is 0. The molecule has 0 fully saturated rings. The van der Waals surface area contributed by atoms with Gasteiger partial charge in [-0.05, 0) is 42.3 Å². The molecule has 15 heavy (non-hydrogen) atoms. The molecule has 0 spiro atoms. The molecule has 1 unspecified atom stereocenters. The molecule has 0 aliphatic carbocycles. The van der Waals surface area contributed by atoms with Gasteiger partial charge in [-0.3, -0.25) is 14.0 Å². The Bertz CT molecular complexity index is 251. The zero-order chi connectivity index (χ0) is 12.2. The van der Waals surface area contributed by atoms with Crippen molar-refractivity contribution in [2.75, 3.05) is 42.3 Å². The van der Waals surface area contributed by atoms with Gasteiger partial charge < -0.3 is 0 Å². The van der Waals surface area contributed by atoms with Gasteiger partial charge in [-0.1, -0.05) is 4.91 Å². The predicted octanol–water partition coefficient (Wildman–Crippen LogP) is 1.20. The summed E-state index contributed by atoms with van der Waals surface area (Å²) in [6.07, 6.45) is 0. The molecule has 0 saturated heterocycles. The van der Waals surface area contributed by atoms with Crippen LogP contribution < -0.4 is 0 Å². The van der Waals surface area contributed by atoms with E-state index in [9.17, 15) is 4.57 Å². The van der Waals surface area contributed by atoms with Gasteiger partial charge in [0.2, 0.25) is 7.51 Å². The van der Waals surface area contributed by atoms with Crippen LogP contribution in [-0.2, 0) is 9.19 Å². The van der Waals surface area contributed by atoms with Gasteiger partial charge in [-0.2, -0.15) is 0 Å². The van der Waals surface area contributed by atoms with Gasteiger partial charge >= 0.3 is 8.25 Å². The molecule has 0 aromatic heterocycles. The molecule has 0 aromatic carbocycles. The van der Waals surface area contributed by atoms with Crippen LogP contribution in [-0.4, -0.2) is 61.2 Å². The molecule has 9 heteroatoms. The fraction of sp³-hybridized carbons (Fsp3) is 1.00. The molecule has 0 radical (unpaired) electrons. The van der Waals surface area contributed by atoms with Gasteiger partial charge in [0, 0.05) is 9.19 Å². The largest absolute Gasteiger partial charge is 0.721 e. The first kappa shape index (κ1) is 15.1. The summed E-state index contributed by atoms with van der Waals surface area (Å²) in [5, 5.41) is 0. The van der Waals surface area contributed by atoms with Crippen LogP contribution in [0.1, 0.15) is 0 Å². The van der Waals surface area contributed by atoms with E-state index < -0.39 is 15.8 Å². The van der Waals surface area contributed by atoms with Crippen LogP contribution in [0.5, 0.6) is 0 Å². The second-order valence-electron chi connectivity index (χ2n) is 3.48. The highest BCUT2D eigenvalue weighted by atomic mass is 31.2. The maximum absolute atomic E-state index is 10.5. The van der Waals surface area contributed by atoms with E-state index in [1.54, 1.807) is 0 Å². The van der Waals surface area contributed by atoms with Gasteiger partial charge in [0.25, 0.3) is 0 Å². The van der Waals surface area contributed by atoms with Crippen LogP contribution in [0.25, 0.3) is 0 Å². The lowest BCUT2D eigenvalue weighted by molar-refractivity contribution is 0.288. The van der Waals surface area contributed by atoms with Gasteiger partial charge in [0.05, 0.1) is 0 Å². The van der Waals surface area contributed by atoms with Crippen LogP contribution in [0.2, 0.25) is 0 Å². The highest BCUT2D eigenvalue weighted by molar-refractivity contribution is 7.59. The topological polar surface area (TPSA) is 68.6 Å². The molecule has 0 aliphatic heterocycles. The molecule has 0 heterocycles. The maximum atomic E-state index is 10.5. The van der Waals surface area contributed by atoms with E-state index in [4.69, 9.17) is 4.89 Å². The van der Waals surface area contributed by atoms with Crippen LogP contribution in [0.3, 0.4) is 0 Å². The molecule has 0 aliphatic rings. The average Bonchev–Trinajstić information content (AvgIpc) is 2.02. The summed E-state index contributed by atoms with van der Waals surface area (Å²) in [4.78, 5) is 12.5. The third kappa shape index (κ3) is 3.57. The van der Waals surface area contributed by atoms with E-state index in [0.29, 0.717) is 0 Å². The zero-order valence-corrected chi connectivity index (χ0v) is 11.7. The second kappa shape index (κ2) is 6.01. The highest BCUT2D eigenvalue weighted by Gasteiger charge is 2.31. The number of rotatable bonds is 5. The second-order valence-corrected chi connectivity index (χ2v) is 7.76. The SMILES string of the molecule is CN(C)P(=NO[P+](=O)O)(N(C)C)N(C)C. The summed E-state index contributed by atoms with van der Waals surface area (Å²) < 4.78 is 20.7. The highest BCUT2D eigenvalue weighted by Crippen LogP contribution is 2.55. The third-order valence-electron chi connectivity index (χ3n) is 1.83. The fourth-order valence-electron chi connectivity index (χ4n) is 1.37. The Morgan fingerprint density at radius 1 is 1.07 bits per heavy atom. The Labute approximate surface area is 91.7 Å². The Hall–Kier alpha value is 0.130. The van der Waals surface area contributed by atoms with Crippen molar-refractivity contribution in [1.82, 2.24) is 14.0 Å². The first-order chi connectivity index (χ1) is 6.75. The zero-order valence-electron chi connectivity index (χ0n) is 9.95. The van der Waals surface area contributed by atoms with Crippen LogP contribution in [0.15, 0.2) is 4.91 Å². The molecule has 0 rings (SSSR count). The lowest BCUT2D eigenvalue weighted by Gasteiger charge is -2.38. The van der Waals surface area contributed by atoms with E-state index in [1.807, 2.05) is 56.3 Å². The van der Waals surface area contributed by atoms with Crippen molar-refractivity contribution in [1.29, 1.82) is 0 Å². The summed E-state index contributed by atoms with van der Waals surface area (Å²) in [6, 6.07) is 0. The van der Waals surface area contributed by atoms with Gasteiger partial charge in [0.15, 0.2) is 0 Å². The smallest absolute Gasteiger partial charge is 0.250 e. The standard InChI is InChI=1S/C6H18N4O3P2/c1-8(2)15(9(3)4,10(5)6)7-13-14(11)12/h1-6H3/p+1. The summed E-state index contributed by atoms with van der Waals surface area (Å²) in [5.41, 5.74) is 0. The monoisotopic (exact) mass is 257 g/mol. The molecule has 1 atom stereocenters. The minimum Gasteiger partial charge on any atom is -0.250 e. The van der Waals surface area contributed by atoms with Crippen LogP contribution in [0, 0.1) is 0 Å². The third-order valence-corrected chi connectivity index (χ3v) is 5.70. The summed E-state index contributed by atoms with van der Waals surface area (Å²) in [7, 11) is 6.20. The van der Waals surface area contributed by atoms with E-state index in [-0.39, 0.29) is 0 Å². The van der Waals surface area contributed by atoms with Crippen molar-refractivity contribution in [3.63, 3.8) is 0 Å². The molecule has 0 aromatic rings. The van der Waals surface area contributed by atoms with Crippen LogP contribution >= 0.6 is 15.8 Å². The lowest BCUT2D eigenvalue weighted by atomic mass is 11.2. The Morgan fingerprint density at radius 2 is 1.40 bits per heavy atom. The lowest BCUT2D eigenvalue weighted by Crippen LogP contribution is -2.30. The average molecular weight is 257 g/mol. The molecule has 90 valence electrons. The van der Waals surface area contributed by atoms with Gasteiger partial charge in [-0.15, -0.1) is 4.89 Å². The molecule has 7 nitrogen and oxygen atoms in total. The van der Waals surface area contributed by atoms with Crippen molar-refractivity contribution >= 4 is 15.8 Å². The van der Waals surface area contributed by atoms with E-state index >= 15 is 0 Å². The van der Waals surface area contributed by atoms with Crippen molar-refractivity contribution in [3.05, 3.63) is 0 Å². The quantitative estimate of drug-likeness (QED) is 0.589. The first-order valence-corrected chi connectivity index (χ1v) is 6.96. The molecule has 1 N–H and O–H groups in total. The van der Waals surface area contributed by atoms with E-state index in [1.165, 1.54) is 0 Å². The molecule has 0 saturated carbocycles. The minimum atomic E-state index is -2.71. The van der Waals surface area contributed by atoms with Crippen LogP contribution in [0.4, 0.5) is 0 Å². The number of hydrogen-bond acceptors (Lipinski definition) is 3. The Kier molecular flexibility index (Phi) is 6.06. The van der Waals surface area contributed by atoms with E-state index in [2.05, 4.69) is 9.53 Å². The van der Waals surface area contributed by atoms with Crippen molar-refractivity contribution < 1.29 is 14.1 Å². The number of nitrogens with zero attached hydrogens (tertiary/aromatic N) is 4. The number of hydrogen-bond donors (Lipinski definition) is 1. The fourth-order valence-corrected chi connectivity index (χ4v) is 4.60. The minimum absolute atomic E-state index is 1.85. The van der Waals surface area contributed by atoms with Gasteiger partial charge in [0.1, 0.15) is 0 Å².